The zero-order valence-corrected chi connectivity index (χ0v) is 15.5. The summed E-state index contributed by atoms with van der Waals surface area (Å²) in [5, 5.41) is 4.10. The number of rotatable bonds is 4. The minimum absolute atomic E-state index is 0. The summed E-state index contributed by atoms with van der Waals surface area (Å²) >= 11 is 0. The molecule has 7 nitrogen and oxygen atoms in total. The van der Waals surface area contributed by atoms with Crippen molar-refractivity contribution >= 4 is 18.3 Å². The Labute approximate surface area is 162 Å². The van der Waals surface area contributed by atoms with E-state index in [-0.39, 0.29) is 24.2 Å². The number of amides is 1. The Balaban J connectivity index is 0.00000210. The molecule has 1 aliphatic rings. The molecule has 2 aromatic heterocycles. The van der Waals surface area contributed by atoms with Gasteiger partial charge >= 0.3 is 0 Å². The Morgan fingerprint density at radius 3 is 2.56 bits per heavy atom. The third kappa shape index (κ3) is 4.04. The van der Waals surface area contributed by atoms with Gasteiger partial charge in [-0.2, -0.15) is 4.98 Å². The van der Waals surface area contributed by atoms with Gasteiger partial charge in [0.25, 0.3) is 5.91 Å². The number of likely N-dealkylation sites (tertiary alicyclic amines) is 1. The van der Waals surface area contributed by atoms with Crippen molar-refractivity contribution in [2.24, 2.45) is 5.73 Å². The normalized spacial score (nSPS) is 14.8. The van der Waals surface area contributed by atoms with Crippen molar-refractivity contribution in [3.63, 3.8) is 0 Å². The minimum atomic E-state index is 0. The van der Waals surface area contributed by atoms with Crippen LogP contribution in [0.15, 0.2) is 51.8 Å². The fourth-order valence-electron chi connectivity index (χ4n) is 3.21. The van der Waals surface area contributed by atoms with Gasteiger partial charge in [0, 0.05) is 31.1 Å². The first-order valence-electron chi connectivity index (χ1n) is 8.69. The van der Waals surface area contributed by atoms with Crippen LogP contribution in [0.3, 0.4) is 0 Å². The number of piperidine rings is 1. The molecule has 1 amide bonds. The molecule has 8 heteroatoms. The summed E-state index contributed by atoms with van der Waals surface area (Å²) in [6, 6.07) is 9.51. The quantitative estimate of drug-likeness (QED) is 0.736. The second-order valence-corrected chi connectivity index (χ2v) is 6.44. The van der Waals surface area contributed by atoms with E-state index in [2.05, 4.69) is 10.1 Å². The number of furan rings is 1. The molecule has 2 N–H and O–H groups in total. The van der Waals surface area contributed by atoms with E-state index >= 15 is 0 Å². The predicted octanol–water partition coefficient (Wildman–Crippen LogP) is 3.23. The van der Waals surface area contributed by atoms with Crippen molar-refractivity contribution in [1.82, 2.24) is 15.0 Å². The highest BCUT2D eigenvalue weighted by Crippen LogP contribution is 2.29. The summed E-state index contributed by atoms with van der Waals surface area (Å²) in [6.45, 7) is 1.84. The fourth-order valence-corrected chi connectivity index (χ4v) is 3.21. The van der Waals surface area contributed by atoms with Gasteiger partial charge in [0.2, 0.25) is 11.7 Å². The highest BCUT2D eigenvalue weighted by molar-refractivity contribution is 5.93. The first kappa shape index (κ1) is 19.1. The van der Waals surface area contributed by atoms with Gasteiger partial charge in [0.1, 0.15) is 6.26 Å². The van der Waals surface area contributed by atoms with Crippen molar-refractivity contribution < 1.29 is 13.7 Å². The average molecular weight is 389 g/mol. The van der Waals surface area contributed by atoms with Crippen LogP contribution in [-0.4, -0.2) is 34.0 Å². The molecule has 0 spiro atoms. The molecule has 0 bridgehead atoms. The highest BCUT2D eigenvalue weighted by Gasteiger charge is 2.28. The van der Waals surface area contributed by atoms with Crippen molar-refractivity contribution in [2.75, 3.05) is 13.1 Å². The molecule has 0 atom stereocenters. The number of benzene rings is 1. The van der Waals surface area contributed by atoms with Gasteiger partial charge in [-0.15, -0.1) is 12.4 Å². The van der Waals surface area contributed by atoms with Gasteiger partial charge in [0.15, 0.2) is 0 Å². The summed E-state index contributed by atoms with van der Waals surface area (Å²) in [4.78, 5) is 18.7. The molecule has 0 aliphatic carbocycles. The summed E-state index contributed by atoms with van der Waals surface area (Å²) in [5.74, 6) is 1.40. The summed E-state index contributed by atoms with van der Waals surface area (Å²) < 4.78 is 10.5. The molecular weight excluding hydrogens is 368 g/mol. The van der Waals surface area contributed by atoms with E-state index in [9.17, 15) is 4.79 Å². The number of carbonyl (C=O) groups excluding carboxylic acids is 1. The molecule has 1 aliphatic heterocycles. The lowest BCUT2D eigenvalue weighted by Gasteiger charge is -2.30. The van der Waals surface area contributed by atoms with Crippen LogP contribution in [0.2, 0.25) is 0 Å². The minimum Gasteiger partial charge on any atom is -0.472 e. The topological polar surface area (TPSA) is 98.4 Å². The molecule has 142 valence electrons. The summed E-state index contributed by atoms with van der Waals surface area (Å²) in [6.07, 6.45) is 4.60. The van der Waals surface area contributed by atoms with E-state index in [0.29, 0.717) is 36.9 Å². The van der Waals surface area contributed by atoms with Crippen LogP contribution in [0.4, 0.5) is 0 Å². The van der Waals surface area contributed by atoms with E-state index in [4.69, 9.17) is 14.7 Å². The molecule has 3 heterocycles. The molecule has 27 heavy (non-hydrogen) atoms. The molecule has 4 rings (SSSR count). The first-order chi connectivity index (χ1) is 12.7. The standard InChI is InChI=1S/C19H20N4O3.ClH/c20-11-13-1-3-14(4-2-13)17-21-18(26-22-17)15-5-8-23(9-6-15)19(24)16-7-10-25-12-16;/h1-4,7,10,12,15H,5-6,8-9,11,20H2;1H. The van der Waals surface area contributed by atoms with E-state index in [0.717, 1.165) is 24.0 Å². The van der Waals surface area contributed by atoms with Gasteiger partial charge in [-0.05, 0) is 24.5 Å². The molecule has 0 saturated carbocycles. The van der Waals surface area contributed by atoms with Crippen LogP contribution in [0.1, 0.15) is 40.6 Å². The van der Waals surface area contributed by atoms with E-state index < -0.39 is 0 Å². The molecule has 1 saturated heterocycles. The third-order valence-corrected chi connectivity index (χ3v) is 4.79. The number of hydrogen-bond donors (Lipinski definition) is 1. The zero-order valence-electron chi connectivity index (χ0n) is 14.7. The van der Waals surface area contributed by atoms with E-state index in [1.54, 1.807) is 6.07 Å². The van der Waals surface area contributed by atoms with Crippen molar-refractivity contribution in [1.29, 1.82) is 0 Å². The smallest absolute Gasteiger partial charge is 0.257 e. The molecule has 0 radical (unpaired) electrons. The first-order valence-corrected chi connectivity index (χ1v) is 8.69. The van der Waals surface area contributed by atoms with Crippen LogP contribution in [0.5, 0.6) is 0 Å². The average Bonchev–Trinajstić information content (AvgIpc) is 3.40. The second kappa shape index (κ2) is 8.37. The Bertz CT molecular complexity index is 869. The Hall–Kier alpha value is -2.64. The maximum atomic E-state index is 12.4. The molecular formula is C19H21ClN4O3. The largest absolute Gasteiger partial charge is 0.472 e. The summed E-state index contributed by atoms with van der Waals surface area (Å²) in [5.41, 5.74) is 8.18. The van der Waals surface area contributed by atoms with Crippen molar-refractivity contribution in [3.8, 4) is 11.4 Å². The Morgan fingerprint density at radius 1 is 1.19 bits per heavy atom. The van der Waals surface area contributed by atoms with Crippen LogP contribution < -0.4 is 5.73 Å². The Kier molecular flexibility index (Phi) is 5.93. The van der Waals surface area contributed by atoms with Gasteiger partial charge in [-0.1, -0.05) is 29.4 Å². The zero-order chi connectivity index (χ0) is 17.9. The third-order valence-electron chi connectivity index (χ3n) is 4.79. The van der Waals surface area contributed by atoms with Gasteiger partial charge in [-0.25, -0.2) is 0 Å². The van der Waals surface area contributed by atoms with Gasteiger partial charge in [0.05, 0.1) is 11.8 Å². The van der Waals surface area contributed by atoms with Crippen molar-refractivity contribution in [2.45, 2.75) is 25.3 Å². The number of halogens is 1. The fraction of sp³-hybridized carbons (Fsp3) is 0.316. The van der Waals surface area contributed by atoms with Crippen LogP contribution in [0.25, 0.3) is 11.4 Å². The Morgan fingerprint density at radius 2 is 1.93 bits per heavy atom. The number of aromatic nitrogens is 2. The number of nitrogens with two attached hydrogens (primary N) is 1. The van der Waals surface area contributed by atoms with Crippen LogP contribution in [-0.2, 0) is 6.54 Å². The lowest BCUT2D eigenvalue weighted by molar-refractivity contribution is 0.0704. The predicted molar refractivity (Wildman–Crippen MR) is 101 cm³/mol. The van der Waals surface area contributed by atoms with E-state index in [1.807, 2.05) is 29.2 Å². The van der Waals surface area contributed by atoms with E-state index in [1.165, 1.54) is 12.5 Å². The highest BCUT2D eigenvalue weighted by atomic mass is 35.5. The lowest BCUT2D eigenvalue weighted by Crippen LogP contribution is -2.37. The van der Waals surface area contributed by atoms with Gasteiger partial charge in [-0.3, -0.25) is 4.79 Å². The maximum absolute atomic E-state index is 12.4. The van der Waals surface area contributed by atoms with Crippen LogP contribution >= 0.6 is 12.4 Å². The summed E-state index contributed by atoms with van der Waals surface area (Å²) in [7, 11) is 0. The van der Waals surface area contributed by atoms with Gasteiger partial charge < -0.3 is 19.6 Å². The number of carbonyl (C=O) groups is 1. The molecule has 3 aromatic rings. The monoisotopic (exact) mass is 388 g/mol. The molecule has 1 fully saturated rings. The lowest BCUT2D eigenvalue weighted by atomic mass is 9.96. The molecule has 0 unspecified atom stereocenters. The number of hydrogen-bond acceptors (Lipinski definition) is 6. The second-order valence-electron chi connectivity index (χ2n) is 6.44. The molecule has 1 aromatic carbocycles. The number of nitrogens with zero attached hydrogens (tertiary/aromatic N) is 3. The SMILES string of the molecule is Cl.NCc1ccc(-c2noc(C3CCN(C(=O)c4ccoc4)CC3)n2)cc1. The van der Waals surface area contributed by atoms with Crippen molar-refractivity contribution in [3.05, 3.63) is 59.9 Å². The maximum Gasteiger partial charge on any atom is 0.257 e. The van der Waals surface area contributed by atoms with Crippen LogP contribution in [0, 0.1) is 0 Å².